The molecule has 0 aliphatic rings. The Morgan fingerprint density at radius 3 is 2.47 bits per heavy atom. The number of alkyl halides is 1. The van der Waals surface area contributed by atoms with Crippen LogP contribution in [0.2, 0.25) is 5.02 Å². The number of nitrogens with zero attached hydrogens (tertiary/aromatic N) is 2. The summed E-state index contributed by atoms with van der Waals surface area (Å²) in [6.45, 7) is 7.07. The number of aryl methyl sites for hydroxylation is 2. The quantitative estimate of drug-likeness (QED) is 0.811. The maximum atomic E-state index is 6.28. The number of hydrogen-bond donors (Lipinski definition) is 1. The first-order valence-corrected chi connectivity index (χ1v) is 6.92. The van der Waals surface area contributed by atoms with Gasteiger partial charge in [-0.15, -0.1) is 11.6 Å². The second-order valence-corrected chi connectivity index (χ2v) is 5.26. The van der Waals surface area contributed by atoms with Gasteiger partial charge in [-0.25, -0.2) is 0 Å². The highest BCUT2D eigenvalue weighted by Crippen LogP contribution is 2.21. The Labute approximate surface area is 113 Å². The second kappa shape index (κ2) is 6.62. The van der Waals surface area contributed by atoms with Crippen LogP contribution in [0, 0.1) is 5.92 Å². The Morgan fingerprint density at radius 1 is 1.41 bits per heavy atom. The van der Waals surface area contributed by atoms with Gasteiger partial charge in [-0.05, 0) is 12.3 Å². The third-order valence-electron chi connectivity index (χ3n) is 3.01. The molecular formula is C12H21Cl2N3. The van der Waals surface area contributed by atoms with Gasteiger partial charge >= 0.3 is 0 Å². The van der Waals surface area contributed by atoms with Crippen molar-refractivity contribution < 1.29 is 0 Å². The fourth-order valence-electron chi connectivity index (χ4n) is 1.71. The molecule has 17 heavy (non-hydrogen) atoms. The summed E-state index contributed by atoms with van der Waals surface area (Å²) in [5.74, 6) is 1.11. The van der Waals surface area contributed by atoms with Gasteiger partial charge in [0, 0.05) is 25.5 Å². The molecule has 5 heteroatoms. The molecule has 1 heterocycles. The SMILES string of the molecule is CCc1nn(C)c(CNC(CCl)C(C)C)c1Cl. The van der Waals surface area contributed by atoms with E-state index in [1.807, 2.05) is 11.7 Å². The lowest BCUT2D eigenvalue weighted by molar-refractivity contribution is 0.423. The first kappa shape index (κ1) is 14.8. The lowest BCUT2D eigenvalue weighted by Crippen LogP contribution is -2.35. The lowest BCUT2D eigenvalue weighted by atomic mass is 10.1. The van der Waals surface area contributed by atoms with E-state index in [2.05, 4.69) is 31.2 Å². The number of rotatable bonds is 6. The summed E-state index contributed by atoms with van der Waals surface area (Å²) in [4.78, 5) is 0. The molecule has 0 saturated carbocycles. The Bertz CT molecular complexity index is 361. The predicted molar refractivity (Wildman–Crippen MR) is 73.8 cm³/mol. The van der Waals surface area contributed by atoms with Crippen molar-refractivity contribution in [2.75, 3.05) is 5.88 Å². The number of halogens is 2. The van der Waals surface area contributed by atoms with Crippen LogP contribution in [0.3, 0.4) is 0 Å². The molecule has 1 unspecified atom stereocenters. The molecular weight excluding hydrogens is 257 g/mol. The molecule has 0 fully saturated rings. The van der Waals surface area contributed by atoms with Crippen molar-refractivity contribution in [3.8, 4) is 0 Å². The van der Waals surface area contributed by atoms with Gasteiger partial charge in [-0.3, -0.25) is 4.68 Å². The number of hydrogen-bond acceptors (Lipinski definition) is 2. The smallest absolute Gasteiger partial charge is 0.0863 e. The zero-order chi connectivity index (χ0) is 13.0. The molecule has 1 aromatic rings. The largest absolute Gasteiger partial charge is 0.307 e. The molecule has 0 aliphatic heterocycles. The van der Waals surface area contributed by atoms with E-state index in [0.29, 0.717) is 24.4 Å². The van der Waals surface area contributed by atoms with Crippen LogP contribution in [0.5, 0.6) is 0 Å². The average Bonchev–Trinajstić information content (AvgIpc) is 2.56. The summed E-state index contributed by atoms with van der Waals surface area (Å²) in [6.07, 6.45) is 0.857. The Hall–Kier alpha value is -0.250. The minimum absolute atomic E-state index is 0.299. The van der Waals surface area contributed by atoms with Gasteiger partial charge in [0.1, 0.15) is 0 Å². The third-order valence-corrected chi connectivity index (χ3v) is 3.77. The van der Waals surface area contributed by atoms with Gasteiger partial charge in [-0.1, -0.05) is 32.4 Å². The maximum Gasteiger partial charge on any atom is 0.0863 e. The topological polar surface area (TPSA) is 29.9 Å². The van der Waals surface area contributed by atoms with Gasteiger partial charge in [0.2, 0.25) is 0 Å². The molecule has 0 amide bonds. The summed E-state index contributed by atoms with van der Waals surface area (Å²) < 4.78 is 1.85. The molecule has 0 radical (unpaired) electrons. The molecule has 0 spiro atoms. The van der Waals surface area contributed by atoms with Crippen molar-refractivity contribution in [1.29, 1.82) is 0 Å². The van der Waals surface area contributed by atoms with E-state index in [1.165, 1.54) is 0 Å². The third kappa shape index (κ3) is 3.60. The van der Waals surface area contributed by atoms with E-state index in [9.17, 15) is 0 Å². The van der Waals surface area contributed by atoms with Crippen LogP contribution in [0.1, 0.15) is 32.2 Å². The van der Waals surface area contributed by atoms with Gasteiger partial charge in [0.25, 0.3) is 0 Å². The molecule has 0 saturated heterocycles. The first-order valence-electron chi connectivity index (χ1n) is 6.00. The van der Waals surface area contributed by atoms with Crippen LogP contribution in [0.25, 0.3) is 0 Å². The van der Waals surface area contributed by atoms with Crippen LogP contribution in [0.15, 0.2) is 0 Å². The molecule has 1 atom stereocenters. The second-order valence-electron chi connectivity index (χ2n) is 4.57. The normalized spacial score (nSPS) is 13.4. The minimum atomic E-state index is 0.299. The fraction of sp³-hybridized carbons (Fsp3) is 0.750. The minimum Gasteiger partial charge on any atom is -0.307 e. The fourth-order valence-corrected chi connectivity index (χ4v) is 2.53. The number of aromatic nitrogens is 2. The summed E-state index contributed by atoms with van der Waals surface area (Å²) >= 11 is 12.2. The molecule has 0 bridgehead atoms. The van der Waals surface area contributed by atoms with Crippen LogP contribution in [-0.4, -0.2) is 21.7 Å². The van der Waals surface area contributed by atoms with Crippen LogP contribution in [-0.2, 0) is 20.0 Å². The van der Waals surface area contributed by atoms with E-state index < -0.39 is 0 Å². The highest BCUT2D eigenvalue weighted by molar-refractivity contribution is 6.31. The molecule has 0 aliphatic carbocycles. The summed E-state index contributed by atoms with van der Waals surface area (Å²) in [6, 6.07) is 0.299. The van der Waals surface area contributed by atoms with Crippen molar-refractivity contribution in [3.05, 3.63) is 16.4 Å². The van der Waals surface area contributed by atoms with Gasteiger partial charge in [0.15, 0.2) is 0 Å². The van der Waals surface area contributed by atoms with Crippen LogP contribution >= 0.6 is 23.2 Å². The van der Waals surface area contributed by atoms with E-state index in [1.54, 1.807) is 0 Å². The molecule has 1 rings (SSSR count). The summed E-state index contributed by atoms with van der Waals surface area (Å²) in [7, 11) is 1.92. The van der Waals surface area contributed by atoms with Gasteiger partial charge in [-0.2, -0.15) is 5.10 Å². The van der Waals surface area contributed by atoms with Crippen molar-refractivity contribution >= 4 is 23.2 Å². The predicted octanol–water partition coefficient (Wildman–Crippen LogP) is 2.99. The zero-order valence-corrected chi connectivity index (χ0v) is 12.4. The van der Waals surface area contributed by atoms with E-state index in [4.69, 9.17) is 23.2 Å². The summed E-state index contributed by atoms with van der Waals surface area (Å²) in [5.41, 5.74) is 1.98. The standard InChI is InChI=1S/C12H21Cl2N3/c1-5-9-12(14)11(17(4)16-9)7-15-10(6-13)8(2)3/h8,10,15H,5-7H2,1-4H3. The van der Waals surface area contributed by atoms with E-state index in [-0.39, 0.29) is 0 Å². The Kier molecular flexibility index (Phi) is 5.77. The molecule has 1 aromatic heterocycles. The zero-order valence-electron chi connectivity index (χ0n) is 10.9. The molecule has 1 N–H and O–H groups in total. The Balaban J connectivity index is 2.72. The summed E-state index contributed by atoms with van der Waals surface area (Å²) in [5, 5.41) is 8.59. The van der Waals surface area contributed by atoms with Crippen molar-refractivity contribution in [2.24, 2.45) is 13.0 Å². The Morgan fingerprint density at radius 2 is 2.06 bits per heavy atom. The monoisotopic (exact) mass is 277 g/mol. The van der Waals surface area contributed by atoms with Crippen molar-refractivity contribution in [3.63, 3.8) is 0 Å². The van der Waals surface area contributed by atoms with Crippen molar-refractivity contribution in [2.45, 2.75) is 39.8 Å². The van der Waals surface area contributed by atoms with Crippen LogP contribution < -0.4 is 5.32 Å². The van der Waals surface area contributed by atoms with Crippen molar-refractivity contribution in [1.82, 2.24) is 15.1 Å². The van der Waals surface area contributed by atoms with Crippen LogP contribution in [0.4, 0.5) is 0 Å². The van der Waals surface area contributed by atoms with Gasteiger partial charge < -0.3 is 5.32 Å². The first-order chi connectivity index (χ1) is 8.01. The van der Waals surface area contributed by atoms with Gasteiger partial charge in [0.05, 0.1) is 16.4 Å². The average molecular weight is 278 g/mol. The maximum absolute atomic E-state index is 6.28. The molecule has 3 nitrogen and oxygen atoms in total. The highest BCUT2D eigenvalue weighted by atomic mass is 35.5. The van der Waals surface area contributed by atoms with E-state index in [0.717, 1.165) is 22.8 Å². The molecule has 98 valence electrons. The number of nitrogens with one attached hydrogen (secondary N) is 1. The molecule has 0 aromatic carbocycles. The lowest BCUT2D eigenvalue weighted by Gasteiger charge is -2.19. The highest BCUT2D eigenvalue weighted by Gasteiger charge is 2.16. The van der Waals surface area contributed by atoms with E-state index >= 15 is 0 Å².